The monoisotopic (exact) mass is 220 g/mol. The molecule has 2 aliphatic rings. The van der Waals surface area contributed by atoms with Gasteiger partial charge < -0.3 is 4.57 Å². The van der Waals surface area contributed by atoms with E-state index >= 15 is 0 Å². The molecule has 80 valence electrons. The zero-order chi connectivity index (χ0) is 10.5. The van der Waals surface area contributed by atoms with Gasteiger partial charge >= 0.3 is 0 Å². The van der Waals surface area contributed by atoms with Crippen molar-refractivity contribution in [2.24, 2.45) is 0 Å². The van der Waals surface area contributed by atoms with Gasteiger partial charge in [0.15, 0.2) is 0 Å². The Balaban J connectivity index is 2.05. The van der Waals surface area contributed by atoms with E-state index in [0.29, 0.717) is 11.3 Å². The molecule has 0 aromatic heterocycles. The van der Waals surface area contributed by atoms with E-state index in [9.17, 15) is 4.57 Å². The molecule has 0 unspecified atom stereocenters. The summed E-state index contributed by atoms with van der Waals surface area (Å²) in [6.45, 7) is 2.09. The first-order valence-corrected chi connectivity index (χ1v) is 7.72. The predicted octanol–water partition coefficient (Wildman–Crippen LogP) is 3.31. The van der Waals surface area contributed by atoms with Crippen LogP contribution in [0.1, 0.15) is 31.2 Å². The lowest BCUT2D eigenvalue weighted by Crippen LogP contribution is -2.12. The van der Waals surface area contributed by atoms with Crippen LogP contribution in [-0.4, -0.2) is 11.3 Å². The lowest BCUT2D eigenvalue weighted by Gasteiger charge is -2.18. The van der Waals surface area contributed by atoms with Crippen molar-refractivity contribution in [1.82, 2.24) is 0 Å². The van der Waals surface area contributed by atoms with Crippen molar-refractivity contribution in [1.29, 1.82) is 0 Å². The zero-order valence-corrected chi connectivity index (χ0v) is 10.0. The molecule has 1 aromatic carbocycles. The van der Waals surface area contributed by atoms with Crippen LogP contribution in [0.15, 0.2) is 24.3 Å². The zero-order valence-electron chi connectivity index (χ0n) is 9.15. The number of aryl methyl sites for hydroxylation is 1. The second-order valence-electron chi connectivity index (χ2n) is 5.01. The fraction of sp³-hybridized carbons (Fsp3) is 0.538. The summed E-state index contributed by atoms with van der Waals surface area (Å²) in [5.74, 6) is 0. The van der Waals surface area contributed by atoms with Crippen molar-refractivity contribution in [3.8, 4) is 0 Å². The lowest BCUT2D eigenvalue weighted by atomic mass is 10.2. The second kappa shape index (κ2) is 3.22. The third-order valence-corrected chi connectivity index (χ3v) is 7.87. The van der Waals surface area contributed by atoms with Crippen LogP contribution in [0.5, 0.6) is 0 Å². The van der Waals surface area contributed by atoms with E-state index in [1.807, 2.05) is 0 Å². The van der Waals surface area contributed by atoms with Crippen LogP contribution in [0.4, 0.5) is 0 Å². The highest BCUT2D eigenvalue weighted by Crippen LogP contribution is 2.69. The van der Waals surface area contributed by atoms with E-state index in [2.05, 4.69) is 31.2 Å². The van der Waals surface area contributed by atoms with Crippen molar-refractivity contribution in [3.63, 3.8) is 0 Å². The minimum absolute atomic E-state index is 0.534. The van der Waals surface area contributed by atoms with E-state index in [0.717, 1.165) is 5.30 Å². The molecule has 0 aliphatic heterocycles. The quantitative estimate of drug-likeness (QED) is 0.714. The van der Waals surface area contributed by atoms with Crippen molar-refractivity contribution in [2.75, 3.05) is 0 Å². The Hall–Kier alpha value is -0.550. The van der Waals surface area contributed by atoms with Gasteiger partial charge in [0.1, 0.15) is 7.14 Å². The van der Waals surface area contributed by atoms with Crippen molar-refractivity contribution in [3.05, 3.63) is 29.8 Å². The summed E-state index contributed by atoms with van der Waals surface area (Å²) in [5, 5.41) is 1.16. The Labute approximate surface area is 91.3 Å². The van der Waals surface area contributed by atoms with Gasteiger partial charge in [-0.15, -0.1) is 0 Å². The van der Waals surface area contributed by atoms with Gasteiger partial charge in [-0.3, -0.25) is 0 Å². The highest BCUT2D eigenvalue weighted by molar-refractivity contribution is 7.73. The summed E-state index contributed by atoms with van der Waals surface area (Å²) in [6, 6.07) is 8.39. The summed E-state index contributed by atoms with van der Waals surface area (Å²) >= 11 is 0. The molecule has 2 saturated carbocycles. The largest absolute Gasteiger partial charge is 0.318 e. The van der Waals surface area contributed by atoms with Crippen molar-refractivity contribution < 1.29 is 4.57 Å². The van der Waals surface area contributed by atoms with Gasteiger partial charge in [-0.05, 0) is 38.7 Å². The number of benzene rings is 1. The topological polar surface area (TPSA) is 17.1 Å². The summed E-state index contributed by atoms with van der Waals surface area (Å²) in [4.78, 5) is 0. The fourth-order valence-corrected chi connectivity index (χ4v) is 6.48. The maximum Gasteiger partial charge on any atom is 0.121 e. The SMILES string of the molecule is Cc1cccc(P(=O)(C2CC2)C2CC2)c1. The molecular formula is C13H17OP. The molecule has 0 radical (unpaired) electrons. The summed E-state index contributed by atoms with van der Waals surface area (Å²) < 4.78 is 13.1. The predicted molar refractivity (Wildman–Crippen MR) is 64.5 cm³/mol. The molecule has 0 spiro atoms. The standard InChI is InChI=1S/C13H17OP/c1-10-3-2-4-13(9-10)15(14,11-5-6-11)12-7-8-12/h2-4,9,11-12H,5-8H2,1H3. The molecule has 0 amide bonds. The van der Waals surface area contributed by atoms with E-state index in [4.69, 9.17) is 0 Å². The van der Waals surface area contributed by atoms with Crippen LogP contribution in [0.2, 0.25) is 0 Å². The fourth-order valence-electron chi connectivity index (χ4n) is 2.48. The first-order valence-electron chi connectivity index (χ1n) is 5.88. The number of rotatable bonds is 3. The highest BCUT2D eigenvalue weighted by atomic mass is 31.2. The number of hydrogen-bond acceptors (Lipinski definition) is 1. The molecular weight excluding hydrogens is 203 g/mol. The average molecular weight is 220 g/mol. The Kier molecular flexibility index (Phi) is 2.07. The van der Waals surface area contributed by atoms with Gasteiger partial charge in [-0.25, -0.2) is 0 Å². The van der Waals surface area contributed by atoms with Crippen LogP contribution >= 0.6 is 7.14 Å². The molecule has 0 atom stereocenters. The highest BCUT2D eigenvalue weighted by Gasteiger charge is 2.51. The van der Waals surface area contributed by atoms with Gasteiger partial charge in [-0.2, -0.15) is 0 Å². The van der Waals surface area contributed by atoms with Crippen LogP contribution in [0, 0.1) is 6.92 Å². The van der Waals surface area contributed by atoms with Gasteiger partial charge in [0.25, 0.3) is 0 Å². The molecule has 2 fully saturated rings. The van der Waals surface area contributed by atoms with Gasteiger partial charge in [0.2, 0.25) is 0 Å². The maximum atomic E-state index is 13.1. The smallest absolute Gasteiger partial charge is 0.121 e. The van der Waals surface area contributed by atoms with Crippen LogP contribution in [-0.2, 0) is 4.57 Å². The Morgan fingerprint density at radius 2 is 1.73 bits per heavy atom. The summed E-state index contributed by atoms with van der Waals surface area (Å²) in [7, 11) is -2.02. The van der Waals surface area contributed by atoms with Crippen LogP contribution < -0.4 is 5.30 Å². The number of hydrogen-bond donors (Lipinski definition) is 0. The van der Waals surface area contributed by atoms with E-state index in [1.54, 1.807) is 0 Å². The molecule has 1 nitrogen and oxygen atoms in total. The minimum atomic E-state index is -2.02. The normalized spacial score (nSPS) is 21.7. The summed E-state index contributed by atoms with van der Waals surface area (Å²) in [5.41, 5.74) is 2.31. The Morgan fingerprint density at radius 1 is 1.13 bits per heavy atom. The molecule has 0 bridgehead atoms. The molecule has 1 aromatic rings. The first-order chi connectivity index (χ1) is 7.21. The van der Waals surface area contributed by atoms with E-state index in [1.165, 1.54) is 31.2 Å². The van der Waals surface area contributed by atoms with Gasteiger partial charge in [-0.1, -0.05) is 23.8 Å². The third kappa shape index (κ3) is 1.58. The van der Waals surface area contributed by atoms with Gasteiger partial charge in [0, 0.05) is 16.6 Å². The molecule has 3 rings (SSSR count). The molecule has 0 N–H and O–H groups in total. The van der Waals surface area contributed by atoms with Gasteiger partial charge in [0.05, 0.1) is 0 Å². The van der Waals surface area contributed by atoms with Crippen LogP contribution in [0.3, 0.4) is 0 Å². The third-order valence-electron chi connectivity index (χ3n) is 3.58. The summed E-state index contributed by atoms with van der Waals surface area (Å²) in [6.07, 6.45) is 4.78. The molecule has 0 saturated heterocycles. The molecule has 0 heterocycles. The Morgan fingerprint density at radius 3 is 2.20 bits per heavy atom. The van der Waals surface area contributed by atoms with E-state index in [-0.39, 0.29) is 0 Å². The van der Waals surface area contributed by atoms with Crippen molar-refractivity contribution >= 4 is 12.4 Å². The molecule has 2 aliphatic carbocycles. The second-order valence-corrected chi connectivity index (χ2v) is 8.41. The lowest BCUT2D eigenvalue weighted by molar-refractivity contribution is 0.579. The Bertz CT molecular complexity index is 414. The average Bonchev–Trinajstić information content (AvgIpc) is 3.04. The van der Waals surface area contributed by atoms with E-state index < -0.39 is 7.14 Å². The van der Waals surface area contributed by atoms with Crippen molar-refractivity contribution in [2.45, 2.75) is 43.9 Å². The molecule has 2 heteroatoms. The maximum absolute atomic E-state index is 13.1. The first kappa shape index (κ1) is 9.66. The molecule has 15 heavy (non-hydrogen) atoms. The van der Waals surface area contributed by atoms with Crippen LogP contribution in [0.25, 0.3) is 0 Å². The minimum Gasteiger partial charge on any atom is -0.318 e.